The Labute approximate surface area is 183 Å². The number of benzene rings is 2. The van der Waals surface area contributed by atoms with Crippen LogP contribution < -0.4 is 4.74 Å². The van der Waals surface area contributed by atoms with Crippen molar-refractivity contribution in [2.45, 2.75) is 77.2 Å². The molecule has 1 saturated heterocycles. The molecule has 0 aliphatic carbocycles. The zero-order chi connectivity index (χ0) is 22.2. The van der Waals surface area contributed by atoms with E-state index in [1.54, 1.807) is 12.1 Å². The predicted molar refractivity (Wildman–Crippen MR) is 118 cm³/mol. The van der Waals surface area contributed by atoms with Crippen LogP contribution in [0.25, 0.3) is 11.1 Å². The average Bonchev–Trinajstić information content (AvgIpc) is 2.78. The smallest absolute Gasteiger partial charge is 0.167 e. The number of hydrogen-bond acceptors (Lipinski definition) is 2. The lowest BCUT2D eigenvalue weighted by Crippen LogP contribution is -2.25. The van der Waals surface area contributed by atoms with Gasteiger partial charge in [0.05, 0.1) is 19.3 Å². The first-order valence-corrected chi connectivity index (χ1v) is 11.6. The monoisotopic (exact) mass is 434 g/mol. The fourth-order valence-electron chi connectivity index (χ4n) is 4.14. The van der Waals surface area contributed by atoms with Gasteiger partial charge >= 0.3 is 0 Å². The fourth-order valence-corrected chi connectivity index (χ4v) is 4.14. The van der Waals surface area contributed by atoms with Gasteiger partial charge in [0.15, 0.2) is 11.6 Å². The second-order valence-corrected chi connectivity index (χ2v) is 8.40. The van der Waals surface area contributed by atoms with E-state index in [1.165, 1.54) is 18.2 Å². The summed E-state index contributed by atoms with van der Waals surface area (Å²) in [7, 11) is 0. The van der Waals surface area contributed by atoms with Gasteiger partial charge in [0.1, 0.15) is 11.6 Å². The van der Waals surface area contributed by atoms with E-state index in [2.05, 4.69) is 13.8 Å². The maximum Gasteiger partial charge on any atom is 0.167 e. The Hall–Kier alpha value is -2.01. The van der Waals surface area contributed by atoms with Crippen LogP contribution in [0.15, 0.2) is 30.3 Å². The molecule has 1 aliphatic heterocycles. The normalized spacial score (nSPS) is 18.9. The molecule has 0 aromatic heterocycles. The Bertz CT molecular complexity index is 845. The molecule has 5 heteroatoms. The molecule has 31 heavy (non-hydrogen) atoms. The summed E-state index contributed by atoms with van der Waals surface area (Å²) in [5.74, 6) is -2.32. The van der Waals surface area contributed by atoms with Crippen molar-refractivity contribution in [1.29, 1.82) is 0 Å². The summed E-state index contributed by atoms with van der Waals surface area (Å²) in [6.45, 7) is 5.14. The molecule has 2 aromatic rings. The molecule has 0 amide bonds. The third-order valence-corrected chi connectivity index (χ3v) is 6.05. The van der Waals surface area contributed by atoms with Crippen LogP contribution in [0.3, 0.4) is 0 Å². The highest BCUT2D eigenvalue weighted by atomic mass is 19.2. The molecule has 2 unspecified atom stereocenters. The lowest BCUT2D eigenvalue weighted by Gasteiger charge is -2.29. The molecule has 1 aliphatic rings. The Morgan fingerprint density at radius 1 is 0.903 bits per heavy atom. The molecule has 1 fully saturated rings. The van der Waals surface area contributed by atoms with Crippen molar-refractivity contribution in [2.24, 2.45) is 0 Å². The molecule has 0 N–H and O–H groups in total. The van der Waals surface area contributed by atoms with Gasteiger partial charge in [0, 0.05) is 23.1 Å². The van der Waals surface area contributed by atoms with Crippen molar-refractivity contribution in [3.05, 3.63) is 53.3 Å². The molecule has 2 nitrogen and oxygen atoms in total. The lowest BCUT2D eigenvalue weighted by atomic mass is 9.88. The first-order valence-electron chi connectivity index (χ1n) is 11.6. The number of ether oxygens (including phenoxy) is 2. The third-order valence-electron chi connectivity index (χ3n) is 6.05. The van der Waals surface area contributed by atoms with E-state index in [1.807, 2.05) is 0 Å². The van der Waals surface area contributed by atoms with Gasteiger partial charge in [-0.25, -0.2) is 13.2 Å². The summed E-state index contributed by atoms with van der Waals surface area (Å²) in [4.78, 5) is 0. The van der Waals surface area contributed by atoms with Gasteiger partial charge < -0.3 is 9.47 Å². The maximum absolute atomic E-state index is 14.9. The number of halogens is 3. The van der Waals surface area contributed by atoms with Gasteiger partial charge in [-0.3, -0.25) is 0 Å². The van der Waals surface area contributed by atoms with E-state index >= 15 is 0 Å². The van der Waals surface area contributed by atoms with Crippen molar-refractivity contribution < 1.29 is 22.6 Å². The second kappa shape index (κ2) is 11.6. The van der Waals surface area contributed by atoms with Gasteiger partial charge in [0.25, 0.3) is 0 Å². The quantitative estimate of drug-likeness (QED) is 0.355. The lowest BCUT2D eigenvalue weighted by molar-refractivity contribution is -0.00258. The molecular weight excluding hydrogens is 401 g/mol. The van der Waals surface area contributed by atoms with E-state index in [-0.39, 0.29) is 23.1 Å². The highest BCUT2D eigenvalue weighted by molar-refractivity contribution is 5.66. The molecule has 0 spiro atoms. The number of hydrogen-bond donors (Lipinski definition) is 0. The van der Waals surface area contributed by atoms with E-state index in [4.69, 9.17) is 9.47 Å². The van der Waals surface area contributed by atoms with Gasteiger partial charge in [-0.1, -0.05) is 51.7 Å². The maximum atomic E-state index is 14.9. The largest absolute Gasteiger partial charge is 0.493 e. The molecule has 0 radical (unpaired) electrons. The minimum absolute atomic E-state index is 0.0309. The van der Waals surface area contributed by atoms with Crippen LogP contribution in [0.1, 0.15) is 76.7 Å². The van der Waals surface area contributed by atoms with E-state index in [0.29, 0.717) is 24.5 Å². The molecule has 1 heterocycles. The molecule has 3 rings (SSSR count). The van der Waals surface area contributed by atoms with E-state index < -0.39 is 17.5 Å². The summed E-state index contributed by atoms with van der Waals surface area (Å²) < 4.78 is 55.9. The minimum atomic E-state index is -1.01. The summed E-state index contributed by atoms with van der Waals surface area (Å²) in [5.41, 5.74) is 0.267. The van der Waals surface area contributed by atoms with Crippen LogP contribution in [0.4, 0.5) is 13.2 Å². The minimum Gasteiger partial charge on any atom is -0.493 e. The molecule has 2 atom stereocenters. The molecule has 170 valence electrons. The zero-order valence-corrected chi connectivity index (χ0v) is 18.6. The van der Waals surface area contributed by atoms with Crippen LogP contribution >= 0.6 is 0 Å². The van der Waals surface area contributed by atoms with Gasteiger partial charge in [-0.05, 0) is 43.4 Å². The number of unbranched alkanes of at least 4 members (excludes halogenated alkanes) is 3. The van der Waals surface area contributed by atoms with Gasteiger partial charge in [-0.2, -0.15) is 0 Å². The average molecular weight is 435 g/mol. The van der Waals surface area contributed by atoms with E-state index in [0.717, 1.165) is 51.4 Å². The first kappa shape index (κ1) is 23.6. The zero-order valence-electron chi connectivity index (χ0n) is 18.6. The second-order valence-electron chi connectivity index (χ2n) is 8.40. The Morgan fingerprint density at radius 3 is 2.35 bits per heavy atom. The third kappa shape index (κ3) is 6.03. The van der Waals surface area contributed by atoms with Crippen molar-refractivity contribution in [3.8, 4) is 16.9 Å². The summed E-state index contributed by atoms with van der Waals surface area (Å²) >= 11 is 0. The van der Waals surface area contributed by atoms with Crippen LogP contribution in [-0.2, 0) is 4.74 Å². The summed E-state index contributed by atoms with van der Waals surface area (Å²) in [5, 5.41) is 0. The highest BCUT2D eigenvalue weighted by Crippen LogP contribution is 2.36. The SMILES string of the molecule is CCCCCOc1ccc(-c2ccc(C3CCC(CCCC)OC3)c(F)c2F)c(F)c1. The Morgan fingerprint density at radius 2 is 1.68 bits per heavy atom. The van der Waals surface area contributed by atoms with Crippen molar-refractivity contribution in [1.82, 2.24) is 0 Å². The van der Waals surface area contributed by atoms with Crippen LogP contribution in [-0.4, -0.2) is 19.3 Å². The Balaban J connectivity index is 1.71. The van der Waals surface area contributed by atoms with Crippen molar-refractivity contribution in [3.63, 3.8) is 0 Å². The van der Waals surface area contributed by atoms with Crippen LogP contribution in [0.2, 0.25) is 0 Å². The highest BCUT2D eigenvalue weighted by Gasteiger charge is 2.27. The topological polar surface area (TPSA) is 18.5 Å². The van der Waals surface area contributed by atoms with Gasteiger partial charge in [-0.15, -0.1) is 0 Å². The summed E-state index contributed by atoms with van der Waals surface area (Å²) in [6, 6.07) is 7.32. The molecule has 2 aromatic carbocycles. The first-order chi connectivity index (χ1) is 15.0. The fraction of sp³-hybridized carbons (Fsp3) is 0.538. The van der Waals surface area contributed by atoms with Crippen LogP contribution in [0, 0.1) is 17.5 Å². The van der Waals surface area contributed by atoms with Gasteiger partial charge in [0.2, 0.25) is 0 Å². The van der Waals surface area contributed by atoms with Crippen molar-refractivity contribution in [2.75, 3.05) is 13.2 Å². The molecule has 0 bridgehead atoms. The van der Waals surface area contributed by atoms with Crippen LogP contribution in [0.5, 0.6) is 5.75 Å². The van der Waals surface area contributed by atoms with Crippen molar-refractivity contribution >= 4 is 0 Å². The standard InChI is InChI=1S/C26H33F3O2/c1-3-5-7-15-30-20-11-12-22(24(27)16-20)23-14-13-21(25(28)26(23)29)18-9-10-19(31-17-18)8-6-4-2/h11-14,16,18-19H,3-10,15,17H2,1-2H3. The molecular formula is C26H33F3O2. The molecule has 0 saturated carbocycles. The summed E-state index contributed by atoms with van der Waals surface area (Å²) in [6.07, 6.45) is 8.08. The number of rotatable bonds is 10. The predicted octanol–water partition coefficient (Wildman–Crippen LogP) is 7.79. The van der Waals surface area contributed by atoms with E-state index in [9.17, 15) is 13.2 Å². The Kier molecular flexibility index (Phi) is 8.82.